The van der Waals surface area contributed by atoms with Gasteiger partial charge in [-0.1, -0.05) is 60.7 Å². The molecule has 0 fully saturated rings. The Labute approximate surface area is 136 Å². The highest BCUT2D eigenvalue weighted by Gasteiger charge is 2.18. The molecule has 124 valence electrons. The molecule has 0 spiro atoms. The summed E-state index contributed by atoms with van der Waals surface area (Å²) in [5.41, 5.74) is 7.52. The molecule has 2 aromatic carbocycles. The van der Waals surface area contributed by atoms with Gasteiger partial charge >= 0.3 is 0 Å². The zero-order valence-corrected chi connectivity index (χ0v) is 13.5. The molecule has 0 radical (unpaired) electrons. The van der Waals surface area contributed by atoms with Gasteiger partial charge in [-0.3, -0.25) is 4.18 Å². The topological polar surface area (TPSA) is 89.6 Å². The van der Waals surface area contributed by atoms with Gasteiger partial charge in [0.25, 0.3) is 10.1 Å². The first-order valence-electron chi connectivity index (χ1n) is 7.36. The van der Waals surface area contributed by atoms with Crippen molar-refractivity contribution in [2.75, 3.05) is 6.61 Å². The van der Waals surface area contributed by atoms with Gasteiger partial charge in [-0.05, 0) is 17.5 Å². The summed E-state index contributed by atoms with van der Waals surface area (Å²) in [6.45, 7) is -0.296. The summed E-state index contributed by atoms with van der Waals surface area (Å²) in [4.78, 5) is 0. The van der Waals surface area contributed by atoms with Gasteiger partial charge in [-0.25, -0.2) is 0 Å². The third-order valence-corrected chi connectivity index (χ3v) is 4.56. The second-order valence-electron chi connectivity index (χ2n) is 5.38. The van der Waals surface area contributed by atoms with Gasteiger partial charge in [0.15, 0.2) is 0 Å². The van der Waals surface area contributed by atoms with Crippen LogP contribution >= 0.6 is 0 Å². The molecule has 0 bridgehead atoms. The molecule has 3 N–H and O–H groups in total. The maximum Gasteiger partial charge on any atom is 0.271 e. The van der Waals surface area contributed by atoms with Crippen LogP contribution in [0.5, 0.6) is 0 Å². The lowest BCUT2D eigenvalue weighted by Crippen LogP contribution is -2.25. The quantitative estimate of drug-likeness (QED) is 0.720. The van der Waals surface area contributed by atoms with Gasteiger partial charge in [-0.2, -0.15) is 8.42 Å². The van der Waals surface area contributed by atoms with E-state index in [0.717, 1.165) is 5.56 Å². The maximum atomic E-state index is 11.9. The summed E-state index contributed by atoms with van der Waals surface area (Å²) >= 11 is 0. The van der Waals surface area contributed by atoms with Gasteiger partial charge in [0, 0.05) is 6.04 Å². The van der Waals surface area contributed by atoms with Gasteiger partial charge in [0.2, 0.25) is 0 Å². The SMILES string of the molecule is NC(C[C@@H](O)COS(=O)(=O)Cc1ccccc1)c1ccccc1. The second kappa shape index (κ2) is 8.21. The number of rotatable bonds is 8. The van der Waals surface area contributed by atoms with E-state index >= 15 is 0 Å². The Hall–Kier alpha value is -1.73. The van der Waals surface area contributed by atoms with Crippen LogP contribution in [0.1, 0.15) is 23.6 Å². The summed E-state index contributed by atoms with van der Waals surface area (Å²) in [7, 11) is -3.73. The number of aliphatic hydroxyl groups is 1. The van der Waals surface area contributed by atoms with E-state index in [1.807, 2.05) is 36.4 Å². The number of hydrogen-bond donors (Lipinski definition) is 2. The molecule has 2 rings (SSSR count). The molecule has 2 aromatic rings. The van der Waals surface area contributed by atoms with Gasteiger partial charge < -0.3 is 10.8 Å². The van der Waals surface area contributed by atoms with Crippen molar-refractivity contribution in [2.24, 2.45) is 5.73 Å². The lowest BCUT2D eigenvalue weighted by atomic mass is 10.0. The largest absolute Gasteiger partial charge is 0.391 e. The minimum absolute atomic E-state index is 0.217. The minimum atomic E-state index is -3.73. The van der Waals surface area contributed by atoms with Crippen LogP contribution < -0.4 is 5.73 Å². The maximum absolute atomic E-state index is 11.9. The Morgan fingerprint density at radius 1 is 1.00 bits per heavy atom. The van der Waals surface area contributed by atoms with Crippen molar-refractivity contribution in [3.8, 4) is 0 Å². The third kappa shape index (κ3) is 6.11. The summed E-state index contributed by atoms with van der Waals surface area (Å²) < 4.78 is 28.7. The average molecular weight is 335 g/mol. The Balaban J connectivity index is 1.82. The Bertz CT molecular complexity index is 689. The number of hydrogen-bond acceptors (Lipinski definition) is 5. The summed E-state index contributed by atoms with van der Waals surface area (Å²) in [6.07, 6.45) is -0.721. The Morgan fingerprint density at radius 3 is 2.17 bits per heavy atom. The van der Waals surface area contributed by atoms with E-state index in [4.69, 9.17) is 9.92 Å². The lowest BCUT2D eigenvalue weighted by Gasteiger charge is -2.17. The van der Waals surface area contributed by atoms with Crippen molar-refractivity contribution in [3.05, 3.63) is 71.8 Å². The third-order valence-electron chi connectivity index (χ3n) is 3.38. The normalized spacial score (nSPS) is 14.3. The molecule has 0 saturated heterocycles. The predicted octanol–water partition coefficient (Wildman–Crippen LogP) is 1.98. The second-order valence-corrected chi connectivity index (χ2v) is 7.02. The van der Waals surface area contributed by atoms with Gasteiger partial charge in [-0.15, -0.1) is 0 Å². The van der Waals surface area contributed by atoms with Gasteiger partial charge in [0.1, 0.15) is 5.75 Å². The van der Waals surface area contributed by atoms with Crippen molar-refractivity contribution in [1.29, 1.82) is 0 Å². The highest BCUT2D eigenvalue weighted by Crippen LogP contribution is 2.16. The molecular formula is C17H21NO4S. The highest BCUT2D eigenvalue weighted by molar-refractivity contribution is 7.85. The summed E-state index contributed by atoms with van der Waals surface area (Å²) in [5.74, 6) is -0.217. The van der Waals surface area contributed by atoms with E-state index in [2.05, 4.69) is 0 Å². The van der Waals surface area contributed by atoms with E-state index in [1.54, 1.807) is 24.3 Å². The van der Waals surface area contributed by atoms with Crippen LogP contribution in [0, 0.1) is 0 Å². The first kappa shape index (κ1) is 17.6. The van der Waals surface area contributed by atoms with E-state index in [9.17, 15) is 13.5 Å². The van der Waals surface area contributed by atoms with E-state index < -0.39 is 16.2 Å². The smallest absolute Gasteiger partial charge is 0.271 e. The number of aliphatic hydroxyl groups excluding tert-OH is 1. The van der Waals surface area contributed by atoms with Crippen LogP contribution in [0.25, 0.3) is 0 Å². The van der Waals surface area contributed by atoms with Crippen molar-refractivity contribution >= 4 is 10.1 Å². The molecule has 1 unspecified atom stereocenters. The fourth-order valence-electron chi connectivity index (χ4n) is 2.20. The molecule has 0 heterocycles. The first-order valence-corrected chi connectivity index (χ1v) is 8.93. The van der Waals surface area contributed by atoms with Crippen LogP contribution in [0.3, 0.4) is 0 Å². The molecule has 0 aliphatic carbocycles. The van der Waals surface area contributed by atoms with Gasteiger partial charge in [0.05, 0.1) is 12.7 Å². The number of benzene rings is 2. The molecule has 0 aliphatic heterocycles. The van der Waals surface area contributed by atoms with Crippen molar-refractivity contribution in [2.45, 2.75) is 24.3 Å². The molecular weight excluding hydrogens is 314 g/mol. The molecule has 0 aliphatic rings. The van der Waals surface area contributed by atoms with Crippen molar-refractivity contribution in [3.63, 3.8) is 0 Å². The monoisotopic (exact) mass is 335 g/mol. The lowest BCUT2D eigenvalue weighted by molar-refractivity contribution is 0.0966. The molecule has 0 aromatic heterocycles. The van der Waals surface area contributed by atoms with Crippen LogP contribution in [0.4, 0.5) is 0 Å². The van der Waals surface area contributed by atoms with Crippen LogP contribution in [-0.2, 0) is 20.1 Å². The molecule has 0 amide bonds. The molecule has 23 heavy (non-hydrogen) atoms. The molecule has 2 atom stereocenters. The average Bonchev–Trinajstić information content (AvgIpc) is 2.54. The first-order chi connectivity index (χ1) is 11.0. The highest BCUT2D eigenvalue weighted by atomic mass is 32.2. The van der Waals surface area contributed by atoms with Crippen molar-refractivity contribution < 1.29 is 17.7 Å². The van der Waals surface area contributed by atoms with E-state index in [1.165, 1.54) is 0 Å². The molecule has 6 heteroatoms. The van der Waals surface area contributed by atoms with Crippen LogP contribution in [-0.4, -0.2) is 26.2 Å². The Morgan fingerprint density at radius 2 is 1.57 bits per heavy atom. The predicted molar refractivity (Wildman–Crippen MR) is 89.0 cm³/mol. The molecule has 5 nitrogen and oxygen atoms in total. The van der Waals surface area contributed by atoms with E-state index in [-0.39, 0.29) is 24.8 Å². The fourth-order valence-corrected chi connectivity index (χ4v) is 3.25. The van der Waals surface area contributed by atoms with Crippen LogP contribution in [0.15, 0.2) is 60.7 Å². The standard InChI is InChI=1S/C17H21NO4S/c18-17(15-9-5-2-6-10-15)11-16(19)12-22-23(20,21)13-14-7-3-1-4-8-14/h1-10,16-17,19H,11-13,18H2/t16-,17?/m1/s1. The fraction of sp³-hybridized carbons (Fsp3) is 0.294. The number of nitrogens with two attached hydrogens (primary N) is 1. The van der Waals surface area contributed by atoms with Crippen LogP contribution in [0.2, 0.25) is 0 Å². The minimum Gasteiger partial charge on any atom is -0.391 e. The van der Waals surface area contributed by atoms with E-state index in [0.29, 0.717) is 5.56 Å². The summed E-state index contributed by atoms with van der Waals surface area (Å²) in [5, 5.41) is 9.94. The van der Waals surface area contributed by atoms with Crippen molar-refractivity contribution in [1.82, 2.24) is 0 Å². The zero-order valence-electron chi connectivity index (χ0n) is 12.7. The summed E-state index contributed by atoms with van der Waals surface area (Å²) in [6, 6.07) is 17.7. The zero-order chi connectivity index (χ0) is 16.7. The Kier molecular flexibility index (Phi) is 6.29. The molecule has 0 saturated carbocycles.